The fourth-order valence-electron chi connectivity index (χ4n) is 2.55. The molecule has 25 heavy (non-hydrogen) atoms. The Kier molecular flexibility index (Phi) is 5.19. The van der Waals surface area contributed by atoms with Crippen LogP contribution in [0.3, 0.4) is 0 Å². The third-order valence-electron chi connectivity index (χ3n) is 3.69. The summed E-state index contributed by atoms with van der Waals surface area (Å²) in [7, 11) is 0. The molecule has 0 bridgehead atoms. The maximum atomic E-state index is 12.2. The van der Waals surface area contributed by atoms with Gasteiger partial charge in [-0.3, -0.25) is 9.36 Å². The number of anilines is 1. The molecular weight excluding hydrogens is 332 g/mol. The second-order valence-corrected chi connectivity index (χ2v) is 6.85. The Hall–Kier alpha value is -2.60. The lowest BCUT2D eigenvalue weighted by molar-refractivity contribution is -0.113. The van der Waals surface area contributed by atoms with Crippen molar-refractivity contribution in [1.82, 2.24) is 14.8 Å². The highest BCUT2D eigenvalue weighted by molar-refractivity contribution is 7.99. The van der Waals surface area contributed by atoms with E-state index in [4.69, 9.17) is 0 Å². The monoisotopic (exact) mass is 352 g/mol. The molecule has 1 heterocycles. The Labute approximate surface area is 151 Å². The summed E-state index contributed by atoms with van der Waals surface area (Å²) >= 11 is 1.38. The lowest BCUT2D eigenvalue weighted by Crippen LogP contribution is -2.14. The molecule has 0 spiro atoms. The minimum atomic E-state index is -0.0629. The Balaban J connectivity index is 1.71. The van der Waals surface area contributed by atoms with Crippen molar-refractivity contribution in [3.63, 3.8) is 0 Å². The van der Waals surface area contributed by atoms with E-state index in [0.717, 1.165) is 22.8 Å². The largest absolute Gasteiger partial charge is 0.325 e. The number of benzene rings is 2. The topological polar surface area (TPSA) is 59.8 Å². The first-order valence-electron chi connectivity index (χ1n) is 8.01. The van der Waals surface area contributed by atoms with E-state index < -0.39 is 0 Å². The van der Waals surface area contributed by atoms with Gasteiger partial charge in [-0.2, -0.15) is 0 Å². The zero-order valence-electron chi connectivity index (χ0n) is 14.5. The Bertz CT molecular complexity index is 904. The number of carbonyl (C=O) groups is 1. The second-order valence-electron chi connectivity index (χ2n) is 5.91. The lowest BCUT2D eigenvalue weighted by Gasteiger charge is -2.09. The maximum Gasteiger partial charge on any atom is 0.234 e. The molecule has 0 saturated carbocycles. The SMILES string of the molecule is Cc1cccc(NC(=O)CSc2nnc(C)n2-c2cccc(C)c2)c1. The van der Waals surface area contributed by atoms with Crippen molar-refractivity contribution in [3.8, 4) is 5.69 Å². The van der Waals surface area contributed by atoms with Gasteiger partial charge in [-0.25, -0.2) is 0 Å². The molecule has 0 fully saturated rings. The van der Waals surface area contributed by atoms with Gasteiger partial charge in [0.05, 0.1) is 5.75 Å². The summed E-state index contributed by atoms with van der Waals surface area (Å²) in [6.45, 7) is 5.95. The van der Waals surface area contributed by atoms with Gasteiger partial charge in [-0.1, -0.05) is 36.0 Å². The number of nitrogens with zero attached hydrogens (tertiary/aromatic N) is 3. The molecule has 128 valence electrons. The van der Waals surface area contributed by atoms with Gasteiger partial charge in [0.15, 0.2) is 5.16 Å². The molecule has 0 saturated heterocycles. The molecule has 0 atom stereocenters. The standard InChI is InChI=1S/C19H20N4OS/c1-13-6-4-8-16(10-13)20-18(24)12-25-19-22-21-15(3)23(19)17-9-5-7-14(2)11-17/h4-11H,12H2,1-3H3,(H,20,24). The number of thioether (sulfide) groups is 1. The fourth-order valence-corrected chi connectivity index (χ4v) is 3.35. The van der Waals surface area contributed by atoms with Crippen molar-refractivity contribution in [2.24, 2.45) is 0 Å². The number of aromatic nitrogens is 3. The number of hydrogen-bond acceptors (Lipinski definition) is 4. The average Bonchev–Trinajstić information content (AvgIpc) is 2.94. The molecule has 0 radical (unpaired) electrons. The Morgan fingerprint density at radius 1 is 1.04 bits per heavy atom. The van der Waals surface area contributed by atoms with E-state index in [9.17, 15) is 4.79 Å². The van der Waals surface area contributed by atoms with E-state index in [0.29, 0.717) is 5.16 Å². The summed E-state index contributed by atoms with van der Waals surface area (Å²) in [5, 5.41) is 12.0. The van der Waals surface area contributed by atoms with Crippen LogP contribution < -0.4 is 5.32 Å². The van der Waals surface area contributed by atoms with Gasteiger partial charge in [0.2, 0.25) is 5.91 Å². The summed E-state index contributed by atoms with van der Waals surface area (Å²) in [5.74, 6) is 1.01. The molecule has 0 aliphatic rings. The van der Waals surface area contributed by atoms with E-state index in [-0.39, 0.29) is 11.7 Å². The number of aryl methyl sites for hydroxylation is 3. The van der Waals surface area contributed by atoms with Crippen molar-refractivity contribution in [2.45, 2.75) is 25.9 Å². The van der Waals surface area contributed by atoms with Crippen LogP contribution in [0.15, 0.2) is 53.7 Å². The summed E-state index contributed by atoms with van der Waals surface area (Å²) in [6.07, 6.45) is 0. The zero-order chi connectivity index (χ0) is 17.8. The van der Waals surface area contributed by atoms with Gasteiger partial charge in [-0.05, 0) is 56.2 Å². The molecule has 1 amide bonds. The highest BCUT2D eigenvalue weighted by atomic mass is 32.2. The Morgan fingerprint density at radius 2 is 1.76 bits per heavy atom. The second kappa shape index (κ2) is 7.53. The average molecular weight is 352 g/mol. The van der Waals surface area contributed by atoms with E-state index in [1.807, 2.05) is 67.8 Å². The van der Waals surface area contributed by atoms with Crippen LogP contribution in [-0.2, 0) is 4.79 Å². The third kappa shape index (κ3) is 4.28. The van der Waals surface area contributed by atoms with Crippen LogP contribution in [0.25, 0.3) is 5.69 Å². The first-order chi connectivity index (χ1) is 12.0. The van der Waals surface area contributed by atoms with Crippen molar-refractivity contribution < 1.29 is 4.79 Å². The van der Waals surface area contributed by atoms with E-state index in [2.05, 4.69) is 21.6 Å². The van der Waals surface area contributed by atoms with Crippen LogP contribution in [0.2, 0.25) is 0 Å². The predicted octanol–water partition coefficient (Wildman–Crippen LogP) is 3.92. The van der Waals surface area contributed by atoms with Crippen molar-refractivity contribution in [1.29, 1.82) is 0 Å². The molecule has 1 aromatic heterocycles. The first kappa shape index (κ1) is 17.2. The fraction of sp³-hybridized carbons (Fsp3) is 0.211. The number of carbonyl (C=O) groups excluding carboxylic acids is 1. The van der Waals surface area contributed by atoms with Crippen molar-refractivity contribution in [3.05, 3.63) is 65.5 Å². The number of amides is 1. The maximum absolute atomic E-state index is 12.2. The van der Waals surface area contributed by atoms with Crippen molar-refractivity contribution in [2.75, 3.05) is 11.1 Å². The van der Waals surface area contributed by atoms with Gasteiger partial charge in [-0.15, -0.1) is 10.2 Å². The van der Waals surface area contributed by atoms with Crippen LogP contribution in [0.1, 0.15) is 17.0 Å². The van der Waals surface area contributed by atoms with Crippen LogP contribution in [0.5, 0.6) is 0 Å². The Morgan fingerprint density at radius 3 is 2.48 bits per heavy atom. The van der Waals surface area contributed by atoms with Gasteiger partial charge < -0.3 is 5.32 Å². The van der Waals surface area contributed by atoms with Crippen LogP contribution in [-0.4, -0.2) is 26.4 Å². The summed E-state index contributed by atoms with van der Waals surface area (Å²) in [6, 6.07) is 15.9. The number of hydrogen-bond donors (Lipinski definition) is 1. The third-order valence-corrected chi connectivity index (χ3v) is 4.62. The molecule has 3 aromatic rings. The summed E-state index contributed by atoms with van der Waals surface area (Å²) in [5.41, 5.74) is 4.09. The number of rotatable bonds is 5. The lowest BCUT2D eigenvalue weighted by atomic mass is 10.2. The van der Waals surface area contributed by atoms with Crippen molar-refractivity contribution >= 4 is 23.4 Å². The molecule has 0 unspecified atom stereocenters. The highest BCUT2D eigenvalue weighted by Gasteiger charge is 2.13. The minimum absolute atomic E-state index is 0.0629. The van der Waals surface area contributed by atoms with E-state index >= 15 is 0 Å². The van der Waals surface area contributed by atoms with Gasteiger partial charge >= 0.3 is 0 Å². The van der Waals surface area contributed by atoms with Gasteiger partial charge in [0.25, 0.3) is 0 Å². The van der Waals surface area contributed by atoms with Gasteiger partial charge in [0.1, 0.15) is 5.82 Å². The smallest absolute Gasteiger partial charge is 0.234 e. The van der Waals surface area contributed by atoms with Crippen LogP contribution >= 0.6 is 11.8 Å². The van der Waals surface area contributed by atoms with E-state index in [1.54, 1.807) is 0 Å². The molecule has 3 rings (SSSR count). The highest BCUT2D eigenvalue weighted by Crippen LogP contribution is 2.22. The molecule has 1 N–H and O–H groups in total. The molecule has 2 aromatic carbocycles. The van der Waals surface area contributed by atoms with Crippen LogP contribution in [0, 0.1) is 20.8 Å². The van der Waals surface area contributed by atoms with Crippen LogP contribution in [0.4, 0.5) is 5.69 Å². The molecule has 0 aliphatic carbocycles. The quantitative estimate of drug-likeness (QED) is 0.707. The first-order valence-corrected chi connectivity index (χ1v) is 9.00. The molecular formula is C19H20N4OS. The molecule has 6 heteroatoms. The predicted molar refractivity (Wildman–Crippen MR) is 101 cm³/mol. The zero-order valence-corrected chi connectivity index (χ0v) is 15.3. The summed E-state index contributed by atoms with van der Waals surface area (Å²) < 4.78 is 1.97. The molecule has 5 nitrogen and oxygen atoms in total. The van der Waals surface area contributed by atoms with Gasteiger partial charge in [0, 0.05) is 11.4 Å². The molecule has 0 aliphatic heterocycles. The number of nitrogens with one attached hydrogen (secondary N) is 1. The normalized spacial score (nSPS) is 10.7. The minimum Gasteiger partial charge on any atom is -0.325 e. The van der Waals surface area contributed by atoms with E-state index in [1.165, 1.54) is 17.3 Å². The summed E-state index contributed by atoms with van der Waals surface area (Å²) in [4.78, 5) is 12.2.